The zero-order valence-corrected chi connectivity index (χ0v) is 10.9. The third-order valence-electron chi connectivity index (χ3n) is 2.67. The first kappa shape index (κ1) is 13.5. The Morgan fingerprint density at radius 3 is 2.59 bits per heavy atom. The van der Waals surface area contributed by atoms with E-state index in [2.05, 4.69) is 0 Å². The number of hydrogen-bond acceptors (Lipinski definition) is 2. The molecular weight excluding hydrogens is 212 g/mol. The number of carbonyl (C=O) groups excluding carboxylic acids is 1. The van der Waals surface area contributed by atoms with Gasteiger partial charge in [-0.15, -0.1) is 0 Å². The van der Waals surface area contributed by atoms with Crippen LogP contribution >= 0.6 is 0 Å². The van der Waals surface area contributed by atoms with Gasteiger partial charge in [0.25, 0.3) is 0 Å². The Bertz CT molecular complexity index is 440. The molecule has 0 aromatic heterocycles. The van der Waals surface area contributed by atoms with Crippen LogP contribution in [-0.2, 0) is 4.79 Å². The molecule has 0 heterocycles. The minimum atomic E-state index is 0.0405. The first-order valence-electron chi connectivity index (χ1n) is 5.87. The molecule has 0 radical (unpaired) electrons. The first-order valence-corrected chi connectivity index (χ1v) is 5.87. The molecule has 0 unspecified atom stereocenters. The van der Waals surface area contributed by atoms with Gasteiger partial charge in [0.05, 0.1) is 0 Å². The Labute approximate surface area is 103 Å². The van der Waals surface area contributed by atoms with Crippen LogP contribution in [-0.4, -0.2) is 10.9 Å². The summed E-state index contributed by atoms with van der Waals surface area (Å²) in [5, 5.41) is 9.83. The second kappa shape index (κ2) is 5.67. The lowest BCUT2D eigenvalue weighted by Gasteiger charge is -2.12. The van der Waals surface area contributed by atoms with Gasteiger partial charge in [0.2, 0.25) is 0 Å². The number of carbonyl (C=O) groups is 1. The fraction of sp³-hybridized carbons (Fsp3) is 0.400. The molecule has 0 aliphatic heterocycles. The highest BCUT2D eigenvalue weighted by atomic mass is 16.3. The summed E-state index contributed by atoms with van der Waals surface area (Å²) < 4.78 is 0. The standard InChI is InChI=1S/C15H20O2/c1-10(2)7-13(16)9-12(4)14-6-5-11(3)8-15(14)17/h5-8,12,17H,9H2,1-4H3/t12-/m0/s1. The summed E-state index contributed by atoms with van der Waals surface area (Å²) in [5.74, 6) is 0.429. The quantitative estimate of drug-likeness (QED) is 0.803. The largest absolute Gasteiger partial charge is 0.508 e. The number of aromatic hydroxyl groups is 1. The average Bonchev–Trinajstić information content (AvgIpc) is 2.15. The zero-order chi connectivity index (χ0) is 13.0. The van der Waals surface area contributed by atoms with E-state index in [1.54, 1.807) is 12.1 Å². The smallest absolute Gasteiger partial charge is 0.156 e. The van der Waals surface area contributed by atoms with Gasteiger partial charge in [-0.2, -0.15) is 0 Å². The SMILES string of the molecule is CC(C)=CC(=O)C[C@H](C)c1ccc(C)cc1O. The van der Waals surface area contributed by atoms with Gasteiger partial charge < -0.3 is 5.11 Å². The van der Waals surface area contributed by atoms with Crippen molar-refractivity contribution in [3.8, 4) is 5.75 Å². The monoisotopic (exact) mass is 232 g/mol. The van der Waals surface area contributed by atoms with Crippen LogP contribution in [0.4, 0.5) is 0 Å². The second-order valence-corrected chi connectivity index (χ2v) is 4.86. The molecule has 2 heteroatoms. The van der Waals surface area contributed by atoms with Crippen molar-refractivity contribution in [3.05, 3.63) is 41.0 Å². The zero-order valence-electron chi connectivity index (χ0n) is 10.9. The number of ketones is 1. The highest BCUT2D eigenvalue weighted by Crippen LogP contribution is 2.28. The van der Waals surface area contributed by atoms with Gasteiger partial charge in [-0.25, -0.2) is 0 Å². The van der Waals surface area contributed by atoms with Crippen molar-refractivity contribution >= 4 is 5.78 Å². The molecule has 0 fully saturated rings. The molecule has 0 saturated carbocycles. The van der Waals surface area contributed by atoms with Crippen LogP contribution in [0.15, 0.2) is 29.8 Å². The van der Waals surface area contributed by atoms with Crippen LogP contribution in [0.5, 0.6) is 5.75 Å². The van der Waals surface area contributed by atoms with E-state index in [-0.39, 0.29) is 17.5 Å². The first-order chi connectivity index (χ1) is 7.90. The van der Waals surface area contributed by atoms with E-state index in [0.717, 1.165) is 16.7 Å². The molecular formula is C15H20O2. The molecule has 0 saturated heterocycles. The van der Waals surface area contributed by atoms with Crippen molar-refractivity contribution < 1.29 is 9.90 Å². The number of rotatable bonds is 4. The highest BCUT2D eigenvalue weighted by molar-refractivity contribution is 5.90. The molecule has 0 aliphatic rings. The Morgan fingerprint density at radius 2 is 2.06 bits per heavy atom. The van der Waals surface area contributed by atoms with E-state index in [9.17, 15) is 9.90 Å². The fourth-order valence-electron chi connectivity index (χ4n) is 1.86. The van der Waals surface area contributed by atoms with Crippen LogP contribution in [0.25, 0.3) is 0 Å². The Morgan fingerprint density at radius 1 is 1.41 bits per heavy atom. The van der Waals surface area contributed by atoms with Gasteiger partial charge in [0, 0.05) is 6.42 Å². The predicted molar refractivity (Wildman–Crippen MR) is 70.3 cm³/mol. The maximum Gasteiger partial charge on any atom is 0.156 e. The summed E-state index contributed by atoms with van der Waals surface area (Å²) in [6.07, 6.45) is 2.09. The summed E-state index contributed by atoms with van der Waals surface area (Å²) in [5.41, 5.74) is 2.87. The number of hydrogen-bond donors (Lipinski definition) is 1. The molecule has 0 bridgehead atoms. The maximum atomic E-state index is 11.7. The maximum absolute atomic E-state index is 11.7. The van der Waals surface area contributed by atoms with Crippen LogP contribution in [0.2, 0.25) is 0 Å². The molecule has 1 atom stereocenters. The number of phenols is 1. The summed E-state index contributed by atoms with van der Waals surface area (Å²) >= 11 is 0. The summed E-state index contributed by atoms with van der Waals surface area (Å²) in [6, 6.07) is 5.58. The average molecular weight is 232 g/mol. The lowest BCUT2D eigenvalue weighted by atomic mass is 9.93. The Kier molecular flexibility index (Phi) is 4.50. The third-order valence-corrected chi connectivity index (χ3v) is 2.67. The van der Waals surface area contributed by atoms with Gasteiger partial charge >= 0.3 is 0 Å². The van der Waals surface area contributed by atoms with Gasteiger partial charge in [-0.05, 0) is 50.0 Å². The van der Waals surface area contributed by atoms with Crippen molar-refractivity contribution in [1.29, 1.82) is 0 Å². The molecule has 1 aromatic carbocycles. The van der Waals surface area contributed by atoms with Crippen molar-refractivity contribution in [1.82, 2.24) is 0 Å². The minimum Gasteiger partial charge on any atom is -0.508 e. The second-order valence-electron chi connectivity index (χ2n) is 4.86. The van der Waals surface area contributed by atoms with E-state index < -0.39 is 0 Å². The molecule has 17 heavy (non-hydrogen) atoms. The van der Waals surface area contributed by atoms with Gasteiger partial charge in [-0.3, -0.25) is 4.79 Å². The lowest BCUT2D eigenvalue weighted by molar-refractivity contribution is -0.114. The number of phenolic OH excluding ortho intramolecular Hbond substituents is 1. The molecule has 0 amide bonds. The predicted octanol–water partition coefficient (Wildman–Crippen LogP) is 3.73. The van der Waals surface area contributed by atoms with E-state index >= 15 is 0 Å². The number of allylic oxidation sites excluding steroid dienone is 2. The number of benzene rings is 1. The highest BCUT2D eigenvalue weighted by Gasteiger charge is 2.13. The minimum absolute atomic E-state index is 0.0405. The van der Waals surface area contributed by atoms with E-state index in [1.165, 1.54) is 0 Å². The van der Waals surface area contributed by atoms with Crippen LogP contribution in [0, 0.1) is 6.92 Å². The molecule has 1 rings (SSSR count). The molecule has 92 valence electrons. The molecule has 1 aromatic rings. The van der Waals surface area contributed by atoms with Crippen molar-refractivity contribution in [2.75, 3.05) is 0 Å². The molecule has 0 aliphatic carbocycles. The van der Waals surface area contributed by atoms with Crippen molar-refractivity contribution in [2.24, 2.45) is 0 Å². The van der Waals surface area contributed by atoms with Gasteiger partial charge in [0.1, 0.15) is 5.75 Å². The topological polar surface area (TPSA) is 37.3 Å². The van der Waals surface area contributed by atoms with Crippen LogP contribution in [0.1, 0.15) is 44.2 Å². The van der Waals surface area contributed by atoms with E-state index in [4.69, 9.17) is 0 Å². The van der Waals surface area contributed by atoms with Gasteiger partial charge in [0.15, 0.2) is 5.78 Å². The lowest BCUT2D eigenvalue weighted by Crippen LogP contribution is -2.02. The van der Waals surface area contributed by atoms with Crippen molar-refractivity contribution in [2.45, 2.75) is 40.0 Å². The van der Waals surface area contributed by atoms with Crippen molar-refractivity contribution in [3.63, 3.8) is 0 Å². The Balaban J connectivity index is 2.80. The van der Waals surface area contributed by atoms with Crippen LogP contribution in [0.3, 0.4) is 0 Å². The summed E-state index contributed by atoms with van der Waals surface area (Å²) in [4.78, 5) is 11.7. The molecule has 2 nitrogen and oxygen atoms in total. The summed E-state index contributed by atoms with van der Waals surface area (Å²) in [7, 11) is 0. The number of aryl methyl sites for hydroxylation is 1. The molecule has 1 N–H and O–H groups in total. The normalized spacial score (nSPS) is 12.0. The van der Waals surface area contributed by atoms with E-state index in [0.29, 0.717) is 6.42 Å². The third kappa shape index (κ3) is 4.06. The summed E-state index contributed by atoms with van der Waals surface area (Å²) in [6.45, 7) is 7.71. The van der Waals surface area contributed by atoms with Gasteiger partial charge in [-0.1, -0.05) is 24.6 Å². The van der Waals surface area contributed by atoms with E-state index in [1.807, 2.05) is 39.8 Å². The fourth-order valence-corrected chi connectivity index (χ4v) is 1.86. The Hall–Kier alpha value is -1.57. The van der Waals surface area contributed by atoms with Crippen LogP contribution < -0.4 is 0 Å². The molecule has 0 spiro atoms.